The van der Waals surface area contributed by atoms with Crippen LogP contribution < -0.4 is 15.1 Å². The number of phenols is 1. The number of phenolic OH excluding ortho intramolecular Hbond substituents is 1. The van der Waals surface area contributed by atoms with Gasteiger partial charge in [-0.2, -0.15) is 0 Å². The highest BCUT2D eigenvalue weighted by Gasteiger charge is 2.57. The number of amides is 2. The van der Waals surface area contributed by atoms with E-state index in [4.69, 9.17) is 4.74 Å². The van der Waals surface area contributed by atoms with Crippen LogP contribution in [-0.2, 0) is 19.2 Å². The van der Waals surface area contributed by atoms with Gasteiger partial charge in [0.1, 0.15) is 0 Å². The Balaban J connectivity index is 1.50. The van der Waals surface area contributed by atoms with Gasteiger partial charge in [0, 0.05) is 32.7 Å². The lowest BCUT2D eigenvalue weighted by molar-refractivity contribution is -0.123. The zero-order valence-electron chi connectivity index (χ0n) is 22.1. The number of halogens is 1. The second-order valence-corrected chi connectivity index (χ2v) is 11.7. The molecule has 4 unspecified atom stereocenters. The summed E-state index contributed by atoms with van der Waals surface area (Å²) >= 11 is 3.45. The Morgan fingerprint density at radius 3 is 2.51 bits per heavy atom. The van der Waals surface area contributed by atoms with Gasteiger partial charge in [0.15, 0.2) is 23.1 Å². The minimum Gasteiger partial charge on any atom is -0.504 e. The van der Waals surface area contributed by atoms with Crippen LogP contribution in [0.2, 0.25) is 0 Å². The zero-order valence-corrected chi connectivity index (χ0v) is 23.7. The number of benzene rings is 2. The molecule has 41 heavy (non-hydrogen) atoms. The number of allylic oxidation sites excluding steroid dienone is 6. The first-order valence-electron chi connectivity index (χ1n) is 13.1. The molecule has 11 heteroatoms. The number of nitrogens with zero attached hydrogens (tertiary/aromatic N) is 1. The van der Waals surface area contributed by atoms with Gasteiger partial charge in [0.2, 0.25) is 11.8 Å². The van der Waals surface area contributed by atoms with Gasteiger partial charge in [-0.1, -0.05) is 39.7 Å². The SMILES string of the molecule is COc1cc(Br)cc(C2C3=CCC4C(=O)N(c5cccc(B(O)O)c5)C(=O)C4C3CC3=C2C(=O)C=C(C)C3=O)c1O. The van der Waals surface area contributed by atoms with E-state index in [2.05, 4.69) is 15.9 Å². The average molecular weight is 618 g/mol. The predicted molar refractivity (Wildman–Crippen MR) is 152 cm³/mol. The van der Waals surface area contributed by atoms with Crippen molar-refractivity contribution in [2.24, 2.45) is 17.8 Å². The van der Waals surface area contributed by atoms with E-state index in [0.717, 1.165) is 4.90 Å². The largest absolute Gasteiger partial charge is 0.504 e. The average Bonchev–Trinajstić information content (AvgIpc) is 3.21. The Bertz CT molecular complexity index is 1660. The van der Waals surface area contributed by atoms with Crippen molar-refractivity contribution in [3.63, 3.8) is 0 Å². The summed E-state index contributed by atoms with van der Waals surface area (Å²) in [4.78, 5) is 55.6. The maximum absolute atomic E-state index is 14.0. The molecule has 9 nitrogen and oxygen atoms in total. The Morgan fingerprint density at radius 2 is 1.80 bits per heavy atom. The molecule has 0 aromatic heterocycles. The first kappa shape index (κ1) is 27.4. The van der Waals surface area contributed by atoms with E-state index in [1.165, 1.54) is 31.4 Å². The van der Waals surface area contributed by atoms with E-state index in [1.54, 1.807) is 25.1 Å². The highest BCUT2D eigenvalue weighted by molar-refractivity contribution is 9.10. The van der Waals surface area contributed by atoms with Crippen LogP contribution in [0.4, 0.5) is 5.69 Å². The number of hydrogen-bond acceptors (Lipinski definition) is 8. The summed E-state index contributed by atoms with van der Waals surface area (Å²) < 4.78 is 5.95. The second-order valence-electron chi connectivity index (χ2n) is 10.8. The van der Waals surface area contributed by atoms with E-state index in [9.17, 15) is 34.3 Å². The normalized spacial score (nSPS) is 25.4. The van der Waals surface area contributed by atoms with Crippen LogP contribution in [0, 0.1) is 17.8 Å². The molecule has 1 saturated heterocycles. The number of carbonyl (C=O) groups excluding carboxylic acids is 4. The molecule has 3 N–H and O–H groups in total. The summed E-state index contributed by atoms with van der Waals surface area (Å²) in [6.45, 7) is 1.57. The molecule has 1 aliphatic heterocycles. The number of ether oxygens (including phenoxy) is 1. The minimum absolute atomic E-state index is 0.0999. The topological polar surface area (TPSA) is 141 Å². The van der Waals surface area contributed by atoms with Crippen LogP contribution in [0.5, 0.6) is 11.5 Å². The number of aromatic hydroxyl groups is 1. The van der Waals surface area contributed by atoms with Gasteiger partial charge in [0.25, 0.3) is 0 Å². The van der Waals surface area contributed by atoms with Crippen molar-refractivity contribution in [2.45, 2.75) is 25.7 Å². The van der Waals surface area contributed by atoms with E-state index < -0.39 is 42.6 Å². The molecule has 208 valence electrons. The summed E-state index contributed by atoms with van der Waals surface area (Å²) in [5, 5.41) is 30.5. The van der Waals surface area contributed by atoms with Crippen molar-refractivity contribution < 1.29 is 39.1 Å². The lowest BCUT2D eigenvalue weighted by atomic mass is 9.59. The highest BCUT2D eigenvalue weighted by atomic mass is 79.9. The number of anilines is 1. The van der Waals surface area contributed by atoms with Gasteiger partial charge in [-0.25, -0.2) is 0 Å². The molecule has 0 radical (unpaired) electrons. The van der Waals surface area contributed by atoms with Crippen LogP contribution in [0.15, 0.2) is 75.3 Å². The molecule has 3 aliphatic carbocycles. The number of hydrogen-bond donors (Lipinski definition) is 3. The quantitative estimate of drug-likeness (QED) is 0.206. The van der Waals surface area contributed by atoms with Gasteiger partial charge in [-0.05, 0) is 61.5 Å². The fourth-order valence-corrected chi connectivity index (χ4v) is 7.24. The number of methoxy groups -OCH3 is 1. The summed E-state index contributed by atoms with van der Waals surface area (Å²) in [5.74, 6) is -4.44. The lowest BCUT2D eigenvalue weighted by Gasteiger charge is -2.42. The van der Waals surface area contributed by atoms with Crippen molar-refractivity contribution in [2.75, 3.05) is 12.0 Å². The number of Topliss-reactive ketones (excluding diaryl/α,β-unsaturated/α-hetero) is 1. The van der Waals surface area contributed by atoms with Gasteiger partial charge in [-0.3, -0.25) is 24.1 Å². The first-order chi connectivity index (χ1) is 19.5. The van der Waals surface area contributed by atoms with Crippen molar-refractivity contribution in [1.29, 1.82) is 0 Å². The molecule has 2 amide bonds. The van der Waals surface area contributed by atoms with Gasteiger partial charge < -0.3 is 19.9 Å². The fraction of sp³-hybridized carbons (Fsp3) is 0.267. The monoisotopic (exact) mass is 617 g/mol. The summed E-state index contributed by atoms with van der Waals surface area (Å²) in [5.41, 5.74) is 2.24. The summed E-state index contributed by atoms with van der Waals surface area (Å²) in [7, 11) is -0.364. The number of carbonyl (C=O) groups is 4. The van der Waals surface area contributed by atoms with Crippen molar-refractivity contribution >= 4 is 57.6 Å². The standard InChI is InChI=1S/C30H25BBrNO8/c1-13-8-22(34)26-21(27(13)35)12-19-17(24(26)20-10-15(32)11-23(41-2)28(20)36)6-7-18-25(19)30(38)33(29(18)37)16-5-3-4-14(9-16)31(39)40/h3-6,8-11,18-19,24-25,36,39-40H,7,12H2,1-2H3. The third kappa shape index (κ3) is 4.14. The molecular formula is C30H25BBrNO8. The van der Waals surface area contributed by atoms with E-state index in [0.29, 0.717) is 15.6 Å². The van der Waals surface area contributed by atoms with Crippen molar-refractivity contribution in [3.8, 4) is 11.5 Å². The number of imide groups is 1. The molecule has 1 heterocycles. The molecule has 0 saturated carbocycles. The van der Waals surface area contributed by atoms with Crippen LogP contribution >= 0.6 is 15.9 Å². The van der Waals surface area contributed by atoms with Gasteiger partial charge in [0.05, 0.1) is 24.6 Å². The third-order valence-electron chi connectivity index (χ3n) is 8.59. The van der Waals surface area contributed by atoms with Crippen LogP contribution in [-0.4, -0.2) is 52.8 Å². The minimum atomic E-state index is -1.77. The number of ketones is 2. The smallest absolute Gasteiger partial charge is 0.488 e. The fourth-order valence-electron chi connectivity index (χ4n) is 6.79. The van der Waals surface area contributed by atoms with Gasteiger partial charge in [-0.15, -0.1) is 0 Å². The van der Waals surface area contributed by atoms with Gasteiger partial charge >= 0.3 is 7.12 Å². The van der Waals surface area contributed by atoms with E-state index in [-0.39, 0.29) is 63.8 Å². The summed E-state index contributed by atoms with van der Waals surface area (Å²) in [6, 6.07) is 9.22. The molecule has 2 aromatic rings. The van der Waals surface area contributed by atoms with Crippen LogP contribution in [0.25, 0.3) is 0 Å². The maximum atomic E-state index is 14.0. The molecule has 4 aliphatic rings. The highest BCUT2D eigenvalue weighted by Crippen LogP contribution is 2.57. The Hall–Kier alpha value is -3.80. The van der Waals surface area contributed by atoms with E-state index in [1.807, 2.05) is 6.08 Å². The summed E-state index contributed by atoms with van der Waals surface area (Å²) in [6.07, 6.45) is 3.49. The number of fused-ring (bicyclic) bond motifs is 3. The van der Waals surface area contributed by atoms with E-state index >= 15 is 0 Å². The second kappa shape index (κ2) is 9.94. The van der Waals surface area contributed by atoms with Crippen molar-refractivity contribution in [1.82, 2.24) is 0 Å². The first-order valence-corrected chi connectivity index (χ1v) is 13.9. The molecule has 1 fully saturated rings. The van der Waals surface area contributed by atoms with Crippen molar-refractivity contribution in [3.05, 3.63) is 80.9 Å². The molecule has 0 spiro atoms. The molecule has 0 bridgehead atoms. The maximum Gasteiger partial charge on any atom is 0.488 e. The predicted octanol–water partition coefficient (Wildman–Crippen LogP) is 2.48. The molecule has 6 rings (SSSR count). The zero-order chi connectivity index (χ0) is 29.3. The Labute approximate surface area is 244 Å². The third-order valence-corrected chi connectivity index (χ3v) is 9.05. The molecule has 2 aromatic carbocycles. The Kier molecular flexibility index (Phi) is 6.63. The number of rotatable bonds is 4. The lowest BCUT2D eigenvalue weighted by Crippen LogP contribution is -2.40. The van der Waals surface area contributed by atoms with Crippen LogP contribution in [0.3, 0.4) is 0 Å². The Morgan fingerprint density at radius 1 is 1.05 bits per heavy atom. The van der Waals surface area contributed by atoms with Crippen LogP contribution in [0.1, 0.15) is 31.2 Å². The molecular weight excluding hydrogens is 593 g/mol. The molecule has 4 atom stereocenters.